The summed E-state index contributed by atoms with van der Waals surface area (Å²) in [6.45, 7) is 0. The molecule has 0 aliphatic rings. The molecule has 4 nitrogen and oxygen atoms in total. The Hall–Kier alpha value is -2.88. The van der Waals surface area contributed by atoms with Crippen LogP contribution in [-0.2, 0) is 6.18 Å². The van der Waals surface area contributed by atoms with Crippen molar-refractivity contribution in [2.24, 2.45) is 0 Å². The first-order valence-corrected chi connectivity index (χ1v) is 5.75. The third-order valence-corrected chi connectivity index (χ3v) is 2.61. The molecule has 21 heavy (non-hydrogen) atoms. The average molecular weight is 291 g/mol. The quantitative estimate of drug-likeness (QED) is 0.923. The SMILES string of the molecule is N#Cc1ccc(NC(=O)c2ccccc2C(F)(F)F)nc1. The Labute approximate surface area is 117 Å². The number of alkyl halides is 3. The zero-order chi connectivity index (χ0) is 15.5. The van der Waals surface area contributed by atoms with Crippen molar-refractivity contribution in [2.45, 2.75) is 6.18 Å². The second-order valence-corrected chi connectivity index (χ2v) is 4.04. The smallest absolute Gasteiger partial charge is 0.307 e. The van der Waals surface area contributed by atoms with E-state index < -0.39 is 23.2 Å². The van der Waals surface area contributed by atoms with Crippen LogP contribution in [0.1, 0.15) is 21.5 Å². The van der Waals surface area contributed by atoms with E-state index in [1.165, 1.54) is 30.5 Å². The number of hydrogen-bond acceptors (Lipinski definition) is 3. The number of benzene rings is 1. The fourth-order valence-electron chi connectivity index (χ4n) is 1.65. The molecule has 1 heterocycles. The maximum Gasteiger partial charge on any atom is 0.417 e. The average Bonchev–Trinajstić information content (AvgIpc) is 2.47. The molecule has 1 aromatic heterocycles. The number of anilines is 1. The number of halogens is 3. The van der Waals surface area contributed by atoms with Crippen LogP contribution in [0.5, 0.6) is 0 Å². The first kappa shape index (κ1) is 14.5. The number of carbonyl (C=O) groups is 1. The summed E-state index contributed by atoms with van der Waals surface area (Å²) in [5, 5.41) is 10.9. The van der Waals surface area contributed by atoms with Gasteiger partial charge in [-0.2, -0.15) is 18.4 Å². The highest BCUT2D eigenvalue weighted by Gasteiger charge is 2.34. The molecule has 7 heteroatoms. The lowest BCUT2D eigenvalue weighted by Gasteiger charge is -2.12. The van der Waals surface area contributed by atoms with Gasteiger partial charge in [0.2, 0.25) is 0 Å². The topological polar surface area (TPSA) is 65.8 Å². The predicted molar refractivity (Wildman–Crippen MR) is 68.3 cm³/mol. The minimum Gasteiger partial charge on any atom is -0.307 e. The van der Waals surface area contributed by atoms with Crippen LogP contribution in [0.2, 0.25) is 0 Å². The highest BCUT2D eigenvalue weighted by molar-refractivity contribution is 6.04. The molecule has 2 rings (SSSR count). The van der Waals surface area contributed by atoms with E-state index in [1.807, 2.05) is 6.07 Å². The summed E-state index contributed by atoms with van der Waals surface area (Å²) in [5.74, 6) is -0.851. The Morgan fingerprint density at radius 2 is 1.90 bits per heavy atom. The van der Waals surface area contributed by atoms with E-state index in [9.17, 15) is 18.0 Å². The highest BCUT2D eigenvalue weighted by Crippen LogP contribution is 2.32. The van der Waals surface area contributed by atoms with Crippen molar-refractivity contribution >= 4 is 11.7 Å². The summed E-state index contributed by atoms with van der Waals surface area (Å²) in [6.07, 6.45) is -3.41. The van der Waals surface area contributed by atoms with E-state index in [0.717, 1.165) is 12.1 Å². The van der Waals surface area contributed by atoms with E-state index in [1.54, 1.807) is 0 Å². The number of carbonyl (C=O) groups excluding carboxylic acids is 1. The first-order valence-electron chi connectivity index (χ1n) is 5.75. The molecule has 0 fully saturated rings. The van der Waals surface area contributed by atoms with Gasteiger partial charge < -0.3 is 5.32 Å². The minimum absolute atomic E-state index is 0.0657. The van der Waals surface area contributed by atoms with Gasteiger partial charge in [0.1, 0.15) is 11.9 Å². The molecular weight excluding hydrogens is 283 g/mol. The Morgan fingerprint density at radius 3 is 2.48 bits per heavy atom. The summed E-state index contributed by atoms with van der Waals surface area (Å²) in [6, 6.07) is 9.06. The summed E-state index contributed by atoms with van der Waals surface area (Å²) >= 11 is 0. The predicted octanol–water partition coefficient (Wildman–Crippen LogP) is 3.22. The molecule has 0 atom stereocenters. The lowest BCUT2D eigenvalue weighted by Crippen LogP contribution is -2.19. The van der Waals surface area contributed by atoms with Crippen LogP contribution < -0.4 is 5.32 Å². The van der Waals surface area contributed by atoms with Crippen LogP contribution >= 0.6 is 0 Å². The largest absolute Gasteiger partial charge is 0.417 e. The lowest BCUT2D eigenvalue weighted by molar-refractivity contribution is -0.137. The van der Waals surface area contributed by atoms with Gasteiger partial charge in [-0.15, -0.1) is 0 Å². The van der Waals surface area contributed by atoms with Crippen molar-refractivity contribution in [1.29, 1.82) is 5.26 Å². The molecular formula is C14H8F3N3O. The van der Waals surface area contributed by atoms with Gasteiger partial charge in [0.05, 0.1) is 16.7 Å². The van der Waals surface area contributed by atoms with Crippen molar-refractivity contribution < 1.29 is 18.0 Å². The number of rotatable bonds is 2. The fourth-order valence-corrected chi connectivity index (χ4v) is 1.65. The monoisotopic (exact) mass is 291 g/mol. The summed E-state index contributed by atoms with van der Waals surface area (Å²) in [4.78, 5) is 15.7. The molecule has 0 saturated carbocycles. The van der Waals surface area contributed by atoms with Gasteiger partial charge >= 0.3 is 6.18 Å². The minimum atomic E-state index is -4.62. The number of aromatic nitrogens is 1. The van der Waals surface area contributed by atoms with E-state index in [2.05, 4.69) is 10.3 Å². The van der Waals surface area contributed by atoms with Crippen molar-refractivity contribution in [1.82, 2.24) is 4.98 Å². The fraction of sp³-hybridized carbons (Fsp3) is 0.0714. The van der Waals surface area contributed by atoms with E-state index in [0.29, 0.717) is 0 Å². The molecule has 1 N–H and O–H groups in total. The molecule has 2 aromatic rings. The number of hydrogen-bond donors (Lipinski definition) is 1. The second kappa shape index (κ2) is 5.63. The highest BCUT2D eigenvalue weighted by atomic mass is 19.4. The van der Waals surface area contributed by atoms with Crippen molar-refractivity contribution in [2.75, 3.05) is 5.32 Å². The van der Waals surface area contributed by atoms with Crippen molar-refractivity contribution in [3.05, 3.63) is 59.3 Å². The Kier molecular flexibility index (Phi) is 3.89. The maximum atomic E-state index is 12.8. The lowest BCUT2D eigenvalue weighted by atomic mass is 10.1. The number of amides is 1. The summed E-state index contributed by atoms with van der Waals surface area (Å²) in [5.41, 5.74) is -1.23. The van der Waals surface area contributed by atoms with Gasteiger partial charge in [-0.25, -0.2) is 4.98 Å². The molecule has 0 unspecified atom stereocenters. The van der Waals surface area contributed by atoms with Crippen LogP contribution in [0.25, 0.3) is 0 Å². The third kappa shape index (κ3) is 3.36. The van der Waals surface area contributed by atoms with Gasteiger partial charge in [-0.3, -0.25) is 4.79 Å². The van der Waals surface area contributed by atoms with Crippen LogP contribution in [-0.4, -0.2) is 10.9 Å². The standard InChI is InChI=1S/C14H8F3N3O/c15-14(16,17)11-4-2-1-3-10(11)13(21)20-12-6-5-9(7-18)8-19-12/h1-6,8H,(H,19,20,21). The molecule has 0 aliphatic heterocycles. The first-order chi connectivity index (χ1) is 9.91. The molecule has 1 aromatic carbocycles. The molecule has 0 saturated heterocycles. The molecule has 0 radical (unpaired) electrons. The van der Waals surface area contributed by atoms with Gasteiger partial charge in [-0.05, 0) is 24.3 Å². The normalized spacial score (nSPS) is 10.8. The summed E-state index contributed by atoms with van der Waals surface area (Å²) in [7, 11) is 0. The Balaban J connectivity index is 2.27. The van der Waals surface area contributed by atoms with Crippen LogP contribution in [0.3, 0.4) is 0 Å². The molecule has 1 amide bonds. The molecule has 0 spiro atoms. The van der Waals surface area contributed by atoms with Crippen molar-refractivity contribution in [3.63, 3.8) is 0 Å². The number of nitriles is 1. The van der Waals surface area contributed by atoms with Crippen molar-refractivity contribution in [3.8, 4) is 6.07 Å². The van der Waals surface area contributed by atoms with Crippen LogP contribution in [0.15, 0.2) is 42.6 Å². The molecule has 0 bridgehead atoms. The molecule has 0 aliphatic carbocycles. The Bertz CT molecular complexity index is 703. The Morgan fingerprint density at radius 1 is 1.19 bits per heavy atom. The van der Waals surface area contributed by atoms with Gasteiger partial charge in [0.25, 0.3) is 5.91 Å². The zero-order valence-corrected chi connectivity index (χ0v) is 10.5. The van der Waals surface area contributed by atoms with Crippen LogP contribution in [0.4, 0.5) is 19.0 Å². The van der Waals surface area contributed by atoms with E-state index in [4.69, 9.17) is 5.26 Å². The van der Waals surface area contributed by atoms with Gasteiger partial charge in [0, 0.05) is 6.20 Å². The zero-order valence-electron chi connectivity index (χ0n) is 10.5. The van der Waals surface area contributed by atoms with Crippen LogP contribution in [0, 0.1) is 11.3 Å². The number of pyridine rings is 1. The van der Waals surface area contributed by atoms with E-state index >= 15 is 0 Å². The van der Waals surface area contributed by atoms with E-state index in [-0.39, 0.29) is 11.4 Å². The molecule has 106 valence electrons. The second-order valence-electron chi connectivity index (χ2n) is 4.04. The third-order valence-electron chi connectivity index (χ3n) is 2.61. The summed E-state index contributed by atoms with van der Waals surface area (Å²) < 4.78 is 38.4. The number of nitrogens with one attached hydrogen (secondary N) is 1. The van der Waals surface area contributed by atoms with Gasteiger partial charge in [-0.1, -0.05) is 12.1 Å². The number of nitrogens with zero attached hydrogens (tertiary/aromatic N) is 2. The maximum absolute atomic E-state index is 12.8. The van der Waals surface area contributed by atoms with Gasteiger partial charge in [0.15, 0.2) is 0 Å².